The van der Waals surface area contributed by atoms with Crippen LogP contribution in [0, 0.1) is 34.0 Å². The predicted molar refractivity (Wildman–Crippen MR) is 201 cm³/mol. The minimum Gasteiger partial charge on any atom is -0.383 e. The standard InChI is InChI=1S/C40H58BrN7O2/c1-38-15-13-29-31-10-11-33(39(31,2)16-14-32(29)40(38,3)17-12-28(49)21-38)50-20-7-5-6-18-47-19-8-9-26(25-47)35-34(41)36(42)48-37(45-35)30(23-44-48)27-22-43-46(4)24-27/h22-24,26,29,31-33H,5-21,25,42H2,1-4H3/t26-,29+,31+,32+,33+,38+,39+,40-/m1/s1. The molecule has 4 aliphatic carbocycles. The lowest BCUT2D eigenvalue weighted by atomic mass is 9.40. The summed E-state index contributed by atoms with van der Waals surface area (Å²) in [5.41, 5.74) is 11.2. The fraction of sp³-hybridized carbons (Fsp3) is 0.750. The summed E-state index contributed by atoms with van der Waals surface area (Å²) in [4.78, 5) is 20.3. The normalized spacial score (nSPS) is 36.0. The number of carbonyl (C=O) groups is 1. The van der Waals surface area contributed by atoms with Crippen molar-refractivity contribution < 1.29 is 9.53 Å². The van der Waals surface area contributed by atoms with Crippen molar-refractivity contribution in [2.45, 2.75) is 123 Å². The molecule has 1 aliphatic heterocycles. The van der Waals surface area contributed by atoms with Crippen molar-refractivity contribution in [3.63, 3.8) is 0 Å². The zero-order valence-corrected chi connectivity index (χ0v) is 32.4. The molecule has 8 rings (SSSR count). The number of likely N-dealkylation sites (tertiary alicyclic amines) is 1. The first-order valence-electron chi connectivity index (χ1n) is 19.7. The van der Waals surface area contributed by atoms with Crippen LogP contribution < -0.4 is 5.73 Å². The highest BCUT2D eigenvalue weighted by molar-refractivity contribution is 9.10. The number of unbranched alkanes of at least 4 members (excludes halogenated alkanes) is 2. The summed E-state index contributed by atoms with van der Waals surface area (Å²) in [6, 6.07) is 0. The number of nitrogens with two attached hydrogens (primary N) is 1. The molecule has 0 radical (unpaired) electrons. The maximum Gasteiger partial charge on any atom is 0.165 e. The zero-order valence-electron chi connectivity index (χ0n) is 30.8. The van der Waals surface area contributed by atoms with E-state index in [2.05, 4.69) is 51.8 Å². The summed E-state index contributed by atoms with van der Waals surface area (Å²) >= 11 is 3.79. The third-order valence-corrected chi connectivity index (χ3v) is 15.9. The molecular formula is C40H58BrN7O2. The Balaban J connectivity index is 0.824. The number of aryl methyl sites for hydroxylation is 1. The van der Waals surface area contributed by atoms with Crippen LogP contribution in [0.4, 0.5) is 5.82 Å². The molecule has 4 heterocycles. The third-order valence-electron chi connectivity index (χ3n) is 15.1. The second-order valence-corrected chi connectivity index (χ2v) is 18.5. The highest BCUT2D eigenvalue weighted by Gasteiger charge is 2.63. The SMILES string of the molecule is Cn1cc(-c2cnn3c(N)c(Br)c([C@@H]4CCCN(CCCCCO[C@H]5CC[C@H]6[C@@H]7CC[C@@]8(C)CC(=O)CC[C@]8(C)[C@H]7CC[C@]56C)C4)nc23)cn1. The number of hydrogen-bond donors (Lipinski definition) is 1. The van der Waals surface area contributed by atoms with Crippen LogP contribution in [0.1, 0.15) is 122 Å². The first-order valence-corrected chi connectivity index (χ1v) is 20.5. The van der Waals surface area contributed by atoms with Gasteiger partial charge in [0.2, 0.25) is 0 Å². The maximum atomic E-state index is 12.5. The van der Waals surface area contributed by atoms with Crippen LogP contribution in [0.3, 0.4) is 0 Å². The molecule has 5 fully saturated rings. The van der Waals surface area contributed by atoms with E-state index in [1.807, 2.05) is 25.6 Å². The third kappa shape index (κ3) is 5.78. The summed E-state index contributed by atoms with van der Waals surface area (Å²) in [7, 11) is 1.92. The van der Waals surface area contributed by atoms with E-state index in [9.17, 15) is 4.79 Å². The lowest BCUT2D eigenvalue weighted by molar-refractivity contribution is -0.169. The molecule has 3 aromatic rings. The molecule has 4 saturated carbocycles. The van der Waals surface area contributed by atoms with Crippen molar-refractivity contribution in [1.29, 1.82) is 0 Å². The Morgan fingerprint density at radius 1 is 1.00 bits per heavy atom. The number of nitrogen functional groups attached to an aromatic ring is 1. The van der Waals surface area contributed by atoms with Gasteiger partial charge in [0.1, 0.15) is 11.6 Å². The highest BCUT2D eigenvalue weighted by atomic mass is 79.9. The number of anilines is 1. The molecule has 5 aliphatic rings. The Hall–Kier alpha value is -2.30. The number of ketones is 1. The molecule has 0 amide bonds. The fourth-order valence-electron chi connectivity index (χ4n) is 12.0. The van der Waals surface area contributed by atoms with Crippen LogP contribution in [0.15, 0.2) is 23.1 Å². The molecule has 1 saturated heterocycles. The van der Waals surface area contributed by atoms with Crippen LogP contribution in [-0.4, -0.2) is 67.4 Å². The largest absolute Gasteiger partial charge is 0.383 e. The van der Waals surface area contributed by atoms with Crippen LogP contribution >= 0.6 is 15.9 Å². The average Bonchev–Trinajstić information content (AvgIpc) is 3.81. The van der Waals surface area contributed by atoms with E-state index in [1.54, 1.807) is 9.20 Å². The molecule has 3 aromatic heterocycles. The number of halogens is 1. The first kappa shape index (κ1) is 34.8. The number of piperidine rings is 1. The highest BCUT2D eigenvalue weighted by Crippen LogP contribution is 2.69. The van der Waals surface area contributed by atoms with Crippen LogP contribution in [0.25, 0.3) is 16.8 Å². The number of nitrogens with zero attached hydrogens (tertiary/aromatic N) is 6. The van der Waals surface area contributed by atoms with Gasteiger partial charge in [-0.1, -0.05) is 20.8 Å². The van der Waals surface area contributed by atoms with Crippen molar-refractivity contribution in [1.82, 2.24) is 29.3 Å². The molecule has 0 aromatic carbocycles. The van der Waals surface area contributed by atoms with Crippen LogP contribution in [0.2, 0.25) is 0 Å². The number of ether oxygens (including phenoxy) is 1. The number of hydrogen-bond acceptors (Lipinski definition) is 7. The Morgan fingerprint density at radius 3 is 2.68 bits per heavy atom. The van der Waals surface area contributed by atoms with Gasteiger partial charge in [-0.15, -0.1) is 0 Å². The minimum absolute atomic E-state index is 0.210. The van der Waals surface area contributed by atoms with Gasteiger partial charge in [0, 0.05) is 56.3 Å². The van der Waals surface area contributed by atoms with Gasteiger partial charge in [0.05, 0.1) is 28.7 Å². The van der Waals surface area contributed by atoms with E-state index in [0.29, 0.717) is 34.5 Å². The lowest BCUT2D eigenvalue weighted by Crippen LogP contribution is -2.58. The first-order chi connectivity index (χ1) is 24.0. The summed E-state index contributed by atoms with van der Waals surface area (Å²) < 4.78 is 11.2. The van der Waals surface area contributed by atoms with Crippen LogP contribution in [0.5, 0.6) is 0 Å². The van der Waals surface area contributed by atoms with Crippen molar-refractivity contribution >= 4 is 33.2 Å². The topological polar surface area (TPSA) is 104 Å². The number of fused-ring (bicyclic) bond motifs is 6. The molecule has 8 atom stereocenters. The fourth-order valence-corrected chi connectivity index (χ4v) is 12.6. The Morgan fingerprint density at radius 2 is 1.86 bits per heavy atom. The smallest absolute Gasteiger partial charge is 0.165 e. The summed E-state index contributed by atoms with van der Waals surface area (Å²) in [5.74, 6) is 3.84. The predicted octanol–water partition coefficient (Wildman–Crippen LogP) is 8.21. The maximum absolute atomic E-state index is 12.5. The summed E-state index contributed by atoms with van der Waals surface area (Å²) in [5, 5.41) is 8.89. The van der Waals surface area contributed by atoms with Crippen molar-refractivity contribution in [3.8, 4) is 11.1 Å². The molecule has 0 unspecified atom stereocenters. The van der Waals surface area contributed by atoms with Crippen molar-refractivity contribution in [2.75, 3.05) is 32.0 Å². The van der Waals surface area contributed by atoms with Gasteiger partial charge in [-0.2, -0.15) is 14.7 Å². The number of carbonyl (C=O) groups excluding carboxylic acids is 1. The van der Waals surface area contributed by atoms with Gasteiger partial charge >= 0.3 is 0 Å². The molecule has 9 nitrogen and oxygen atoms in total. The number of Topliss-reactive ketones (excluding diaryl/α,β-unsaturated/α-hetero) is 1. The second-order valence-electron chi connectivity index (χ2n) is 17.7. The van der Waals surface area contributed by atoms with Crippen molar-refractivity contribution in [2.24, 2.45) is 41.0 Å². The summed E-state index contributed by atoms with van der Waals surface area (Å²) in [6.07, 6.45) is 22.4. The molecule has 2 N–H and O–H groups in total. The lowest BCUT2D eigenvalue weighted by Gasteiger charge is -2.64. The van der Waals surface area contributed by atoms with Gasteiger partial charge in [-0.05, 0) is 140 Å². The van der Waals surface area contributed by atoms with Gasteiger partial charge in [0.15, 0.2) is 5.65 Å². The molecule has 50 heavy (non-hydrogen) atoms. The molecule has 10 heteroatoms. The minimum atomic E-state index is 0.210. The Kier molecular flexibility index (Phi) is 9.23. The number of rotatable bonds is 9. The van der Waals surface area contributed by atoms with E-state index >= 15 is 0 Å². The van der Waals surface area contributed by atoms with Gasteiger partial charge < -0.3 is 15.4 Å². The van der Waals surface area contributed by atoms with Crippen LogP contribution in [-0.2, 0) is 16.6 Å². The van der Waals surface area contributed by atoms with E-state index in [0.717, 1.165) is 103 Å². The molecular weight excluding hydrogens is 690 g/mol. The van der Waals surface area contributed by atoms with E-state index < -0.39 is 0 Å². The quantitative estimate of drug-likeness (QED) is 0.220. The number of aromatic nitrogens is 5. The Bertz CT molecular complexity index is 1740. The van der Waals surface area contributed by atoms with E-state index in [1.165, 1.54) is 57.8 Å². The second kappa shape index (κ2) is 13.3. The molecule has 0 spiro atoms. The molecule has 0 bridgehead atoms. The van der Waals surface area contributed by atoms with E-state index in [-0.39, 0.29) is 5.41 Å². The van der Waals surface area contributed by atoms with Crippen molar-refractivity contribution in [3.05, 3.63) is 28.8 Å². The van der Waals surface area contributed by atoms with Gasteiger partial charge in [-0.3, -0.25) is 9.48 Å². The van der Waals surface area contributed by atoms with E-state index in [4.69, 9.17) is 15.5 Å². The monoisotopic (exact) mass is 747 g/mol. The Labute approximate surface area is 306 Å². The average molecular weight is 749 g/mol. The molecule has 272 valence electrons. The zero-order chi connectivity index (χ0) is 34.8. The summed E-state index contributed by atoms with van der Waals surface area (Å²) in [6.45, 7) is 11.8. The van der Waals surface area contributed by atoms with Gasteiger partial charge in [0.25, 0.3) is 0 Å². The van der Waals surface area contributed by atoms with Gasteiger partial charge in [-0.25, -0.2) is 4.98 Å².